The van der Waals surface area contributed by atoms with Gasteiger partial charge in [0.05, 0.1) is 18.6 Å². The molecule has 0 radical (unpaired) electrons. The molecule has 0 spiro atoms. The van der Waals surface area contributed by atoms with Gasteiger partial charge >= 0.3 is 0 Å². The summed E-state index contributed by atoms with van der Waals surface area (Å²) in [4.78, 5) is 7.12. The number of fused-ring (bicyclic) bond motifs is 1. The number of nitrogens with zero attached hydrogens (tertiary/aromatic N) is 3. The van der Waals surface area contributed by atoms with Crippen molar-refractivity contribution in [3.05, 3.63) is 17.7 Å². The Morgan fingerprint density at radius 1 is 1.40 bits per heavy atom. The van der Waals surface area contributed by atoms with E-state index in [1.54, 1.807) is 7.11 Å². The zero-order chi connectivity index (χ0) is 13.9. The van der Waals surface area contributed by atoms with E-state index < -0.39 is 0 Å². The molecule has 0 unspecified atom stereocenters. The van der Waals surface area contributed by atoms with E-state index in [0.717, 1.165) is 38.8 Å². The molecule has 20 heavy (non-hydrogen) atoms. The molecule has 0 aliphatic carbocycles. The molecular formula is C15H25N3O2. The molecule has 1 atom stereocenters. The Bertz CT molecular complexity index is 440. The lowest BCUT2D eigenvalue weighted by Gasteiger charge is -2.35. The molecule has 3 rings (SSSR count). The van der Waals surface area contributed by atoms with Crippen molar-refractivity contribution in [2.45, 2.75) is 25.3 Å². The number of aryl methyl sites for hydroxylation is 1. The quantitative estimate of drug-likeness (QED) is 0.835. The summed E-state index contributed by atoms with van der Waals surface area (Å²) < 4.78 is 13.0. The second-order valence-corrected chi connectivity index (χ2v) is 6.09. The van der Waals surface area contributed by atoms with Crippen molar-refractivity contribution in [3.8, 4) is 0 Å². The van der Waals surface area contributed by atoms with Gasteiger partial charge in [-0.25, -0.2) is 4.98 Å². The van der Waals surface area contributed by atoms with Crippen LogP contribution in [-0.2, 0) is 23.1 Å². The monoisotopic (exact) mass is 279 g/mol. The first-order chi connectivity index (χ1) is 9.78. The molecule has 5 nitrogen and oxygen atoms in total. The summed E-state index contributed by atoms with van der Waals surface area (Å²) in [7, 11) is 3.87. The number of rotatable bonds is 4. The number of hydrogen-bond acceptors (Lipinski definition) is 4. The van der Waals surface area contributed by atoms with Crippen LogP contribution in [-0.4, -0.2) is 54.5 Å². The molecule has 112 valence electrons. The third-order valence-electron chi connectivity index (χ3n) is 4.53. The lowest BCUT2D eigenvalue weighted by atomic mass is 9.95. The van der Waals surface area contributed by atoms with Crippen LogP contribution in [0.15, 0.2) is 6.33 Å². The molecule has 0 amide bonds. The number of imidazole rings is 1. The number of ether oxygens (including phenoxy) is 2. The van der Waals surface area contributed by atoms with E-state index in [1.807, 2.05) is 6.33 Å². The van der Waals surface area contributed by atoms with Crippen LogP contribution < -0.4 is 0 Å². The molecule has 2 aliphatic heterocycles. The summed E-state index contributed by atoms with van der Waals surface area (Å²) >= 11 is 0. The molecule has 0 saturated carbocycles. The van der Waals surface area contributed by atoms with Crippen LogP contribution in [0.1, 0.15) is 30.1 Å². The van der Waals surface area contributed by atoms with Crippen molar-refractivity contribution in [1.82, 2.24) is 14.5 Å². The van der Waals surface area contributed by atoms with Gasteiger partial charge < -0.3 is 14.0 Å². The van der Waals surface area contributed by atoms with Crippen LogP contribution in [0.5, 0.6) is 0 Å². The smallest absolute Gasteiger partial charge is 0.0949 e. The first-order valence-electron chi connectivity index (χ1n) is 7.57. The van der Waals surface area contributed by atoms with Gasteiger partial charge in [-0.15, -0.1) is 0 Å². The highest BCUT2D eigenvalue weighted by Gasteiger charge is 2.30. The fourth-order valence-electron chi connectivity index (χ4n) is 3.57. The van der Waals surface area contributed by atoms with E-state index in [1.165, 1.54) is 30.8 Å². The van der Waals surface area contributed by atoms with Gasteiger partial charge in [0.15, 0.2) is 0 Å². The third-order valence-corrected chi connectivity index (χ3v) is 4.53. The van der Waals surface area contributed by atoms with Crippen LogP contribution in [0.2, 0.25) is 0 Å². The minimum atomic E-state index is 0.441. The Morgan fingerprint density at radius 3 is 2.95 bits per heavy atom. The lowest BCUT2D eigenvalue weighted by molar-refractivity contribution is 0.0456. The zero-order valence-corrected chi connectivity index (χ0v) is 12.5. The standard InChI is InChI=1S/C15H25N3O2/c1-17-11-16-14-9-18(7-12-3-5-20-6-4-12)8-13(10-19-2)15(14)17/h11-13H,3-10H2,1-2H3/t13-/m0/s1. The van der Waals surface area contributed by atoms with E-state index in [0.29, 0.717) is 5.92 Å². The maximum Gasteiger partial charge on any atom is 0.0949 e. The fourth-order valence-corrected chi connectivity index (χ4v) is 3.57. The van der Waals surface area contributed by atoms with Crippen molar-refractivity contribution >= 4 is 0 Å². The molecule has 0 N–H and O–H groups in total. The minimum absolute atomic E-state index is 0.441. The summed E-state index contributed by atoms with van der Waals surface area (Å²) in [5.74, 6) is 1.22. The van der Waals surface area contributed by atoms with Gasteiger partial charge in [0.1, 0.15) is 0 Å². The molecule has 1 fully saturated rings. The number of hydrogen-bond donors (Lipinski definition) is 0. The second-order valence-electron chi connectivity index (χ2n) is 6.09. The van der Waals surface area contributed by atoms with E-state index in [-0.39, 0.29) is 0 Å². The summed E-state index contributed by atoms with van der Waals surface area (Å²) in [5.41, 5.74) is 2.59. The highest BCUT2D eigenvalue weighted by atomic mass is 16.5. The number of aromatic nitrogens is 2. The van der Waals surface area contributed by atoms with Crippen molar-refractivity contribution < 1.29 is 9.47 Å². The highest BCUT2D eigenvalue weighted by Crippen LogP contribution is 2.29. The molecule has 1 aromatic heterocycles. The summed E-state index contributed by atoms with van der Waals surface area (Å²) in [6, 6.07) is 0. The predicted octanol–water partition coefficient (Wildman–Crippen LogP) is 1.39. The SMILES string of the molecule is COC[C@@H]1CN(CC2CCOCC2)Cc2ncn(C)c21. The van der Waals surface area contributed by atoms with E-state index in [2.05, 4.69) is 21.5 Å². The Morgan fingerprint density at radius 2 is 2.20 bits per heavy atom. The van der Waals surface area contributed by atoms with E-state index in [9.17, 15) is 0 Å². The predicted molar refractivity (Wildman–Crippen MR) is 76.6 cm³/mol. The van der Waals surface area contributed by atoms with Crippen LogP contribution in [0, 0.1) is 5.92 Å². The first-order valence-corrected chi connectivity index (χ1v) is 7.57. The summed E-state index contributed by atoms with van der Waals surface area (Å²) in [6.07, 6.45) is 4.33. The van der Waals surface area contributed by atoms with E-state index >= 15 is 0 Å². The van der Waals surface area contributed by atoms with Gasteiger partial charge in [0.2, 0.25) is 0 Å². The molecule has 1 saturated heterocycles. The Kier molecular flexibility index (Phi) is 4.38. The van der Waals surface area contributed by atoms with Crippen LogP contribution >= 0.6 is 0 Å². The molecule has 1 aromatic rings. The Hall–Kier alpha value is -0.910. The van der Waals surface area contributed by atoms with Crippen molar-refractivity contribution in [1.29, 1.82) is 0 Å². The lowest BCUT2D eigenvalue weighted by Crippen LogP contribution is -2.40. The Labute approximate surface area is 120 Å². The average Bonchev–Trinajstić information content (AvgIpc) is 2.82. The fraction of sp³-hybridized carbons (Fsp3) is 0.800. The summed E-state index contributed by atoms with van der Waals surface area (Å²) in [5, 5.41) is 0. The minimum Gasteiger partial charge on any atom is -0.384 e. The summed E-state index contributed by atoms with van der Waals surface area (Å²) in [6.45, 7) is 5.85. The van der Waals surface area contributed by atoms with Gasteiger partial charge in [0.25, 0.3) is 0 Å². The van der Waals surface area contributed by atoms with Gasteiger partial charge in [-0.05, 0) is 18.8 Å². The van der Waals surface area contributed by atoms with Crippen LogP contribution in [0.3, 0.4) is 0 Å². The topological polar surface area (TPSA) is 39.5 Å². The van der Waals surface area contributed by atoms with Crippen LogP contribution in [0.4, 0.5) is 0 Å². The van der Waals surface area contributed by atoms with Gasteiger partial charge in [-0.3, -0.25) is 4.90 Å². The third kappa shape index (κ3) is 2.90. The molecular weight excluding hydrogens is 254 g/mol. The van der Waals surface area contributed by atoms with Crippen LogP contribution in [0.25, 0.3) is 0 Å². The van der Waals surface area contributed by atoms with Gasteiger partial charge in [0, 0.05) is 58.6 Å². The maximum atomic E-state index is 5.45. The van der Waals surface area contributed by atoms with Crippen molar-refractivity contribution in [2.75, 3.05) is 40.0 Å². The normalized spacial score (nSPS) is 24.8. The number of methoxy groups -OCH3 is 1. The van der Waals surface area contributed by atoms with E-state index in [4.69, 9.17) is 9.47 Å². The molecule has 0 bridgehead atoms. The van der Waals surface area contributed by atoms with Gasteiger partial charge in [-0.1, -0.05) is 0 Å². The maximum absolute atomic E-state index is 5.45. The molecule has 5 heteroatoms. The first kappa shape index (κ1) is 14.0. The second kappa shape index (κ2) is 6.24. The zero-order valence-electron chi connectivity index (χ0n) is 12.5. The van der Waals surface area contributed by atoms with Gasteiger partial charge in [-0.2, -0.15) is 0 Å². The average molecular weight is 279 g/mol. The van der Waals surface area contributed by atoms with Crippen molar-refractivity contribution in [3.63, 3.8) is 0 Å². The Balaban J connectivity index is 1.69. The van der Waals surface area contributed by atoms with Crippen molar-refractivity contribution in [2.24, 2.45) is 13.0 Å². The molecule has 0 aromatic carbocycles. The molecule has 3 heterocycles. The molecule has 2 aliphatic rings. The largest absolute Gasteiger partial charge is 0.384 e. The highest BCUT2D eigenvalue weighted by molar-refractivity contribution is 5.21.